The first-order chi connectivity index (χ1) is 6.61. The van der Waals surface area contributed by atoms with Crippen LogP contribution in [0.4, 0.5) is 0 Å². The molecular formula is C8H19N3O2S. The number of nitrogens with zero attached hydrogens (tertiary/aromatic N) is 1. The summed E-state index contributed by atoms with van der Waals surface area (Å²) >= 11 is 0. The van der Waals surface area contributed by atoms with Crippen LogP contribution in [0.1, 0.15) is 19.8 Å². The predicted molar refractivity (Wildman–Crippen MR) is 56.3 cm³/mol. The molecule has 0 aromatic carbocycles. The molecule has 6 heteroatoms. The van der Waals surface area contributed by atoms with Crippen LogP contribution < -0.4 is 10.0 Å². The molecule has 1 atom stereocenters. The van der Waals surface area contributed by atoms with E-state index >= 15 is 0 Å². The quantitative estimate of drug-likeness (QED) is 0.659. The van der Waals surface area contributed by atoms with Gasteiger partial charge in [0.25, 0.3) is 10.2 Å². The van der Waals surface area contributed by atoms with Crippen molar-refractivity contribution < 1.29 is 8.42 Å². The predicted octanol–water partition coefficient (Wildman–Crippen LogP) is -0.475. The van der Waals surface area contributed by atoms with Gasteiger partial charge in [-0.3, -0.25) is 0 Å². The van der Waals surface area contributed by atoms with E-state index in [1.165, 1.54) is 7.05 Å². The van der Waals surface area contributed by atoms with E-state index in [1.54, 1.807) is 4.31 Å². The molecule has 5 nitrogen and oxygen atoms in total. The van der Waals surface area contributed by atoms with Crippen molar-refractivity contribution in [2.45, 2.75) is 25.8 Å². The molecule has 1 rings (SSSR count). The number of rotatable bonds is 5. The molecule has 1 aliphatic heterocycles. The second kappa shape index (κ2) is 5.06. The van der Waals surface area contributed by atoms with Gasteiger partial charge >= 0.3 is 0 Å². The first-order valence-electron chi connectivity index (χ1n) is 5.03. The second-order valence-corrected chi connectivity index (χ2v) is 5.29. The maximum absolute atomic E-state index is 11.7. The number of nitrogens with one attached hydrogen (secondary N) is 2. The van der Waals surface area contributed by atoms with Crippen LogP contribution in [0.5, 0.6) is 0 Å². The third-order valence-electron chi connectivity index (χ3n) is 2.45. The van der Waals surface area contributed by atoms with Gasteiger partial charge in [0.2, 0.25) is 0 Å². The summed E-state index contributed by atoms with van der Waals surface area (Å²) in [6.45, 7) is 4.25. The van der Waals surface area contributed by atoms with Crippen LogP contribution in [0.3, 0.4) is 0 Å². The Labute approximate surface area is 86.0 Å². The monoisotopic (exact) mass is 221 g/mol. The normalized spacial score (nSPS) is 23.2. The van der Waals surface area contributed by atoms with E-state index in [4.69, 9.17) is 0 Å². The van der Waals surface area contributed by atoms with E-state index in [1.807, 2.05) is 6.92 Å². The topological polar surface area (TPSA) is 61.4 Å². The van der Waals surface area contributed by atoms with Crippen molar-refractivity contribution in [3.05, 3.63) is 0 Å². The summed E-state index contributed by atoms with van der Waals surface area (Å²) in [5.41, 5.74) is 0. The van der Waals surface area contributed by atoms with E-state index in [0.717, 1.165) is 25.9 Å². The number of hydrogen-bond acceptors (Lipinski definition) is 3. The Balaban J connectivity index is 2.72. The van der Waals surface area contributed by atoms with Gasteiger partial charge in [-0.05, 0) is 19.4 Å². The van der Waals surface area contributed by atoms with Crippen LogP contribution in [0.25, 0.3) is 0 Å². The molecule has 84 valence electrons. The van der Waals surface area contributed by atoms with Crippen molar-refractivity contribution in [3.63, 3.8) is 0 Å². The lowest BCUT2D eigenvalue weighted by molar-refractivity contribution is 0.331. The summed E-state index contributed by atoms with van der Waals surface area (Å²) in [4.78, 5) is 0. The fourth-order valence-electron chi connectivity index (χ4n) is 1.72. The van der Waals surface area contributed by atoms with Gasteiger partial charge in [0.15, 0.2) is 0 Å². The molecule has 1 aliphatic rings. The highest BCUT2D eigenvalue weighted by Gasteiger charge is 2.29. The van der Waals surface area contributed by atoms with E-state index in [0.29, 0.717) is 6.54 Å². The third kappa shape index (κ3) is 2.66. The fraction of sp³-hybridized carbons (Fsp3) is 1.00. The van der Waals surface area contributed by atoms with Crippen LogP contribution in [-0.2, 0) is 10.2 Å². The van der Waals surface area contributed by atoms with Gasteiger partial charge in [0.05, 0.1) is 0 Å². The Morgan fingerprint density at radius 3 is 2.71 bits per heavy atom. The first kappa shape index (κ1) is 11.9. The highest BCUT2D eigenvalue weighted by molar-refractivity contribution is 7.87. The highest BCUT2D eigenvalue weighted by Crippen LogP contribution is 2.12. The summed E-state index contributed by atoms with van der Waals surface area (Å²) in [5, 5.41) is 3.17. The Bertz CT molecular complexity index is 260. The third-order valence-corrected chi connectivity index (χ3v) is 4.07. The molecule has 2 N–H and O–H groups in total. The molecule has 1 fully saturated rings. The Morgan fingerprint density at radius 2 is 2.29 bits per heavy atom. The van der Waals surface area contributed by atoms with Gasteiger partial charge < -0.3 is 5.32 Å². The first-order valence-corrected chi connectivity index (χ1v) is 6.47. The zero-order valence-corrected chi connectivity index (χ0v) is 9.60. The van der Waals surface area contributed by atoms with Crippen LogP contribution in [-0.4, -0.2) is 45.4 Å². The molecular weight excluding hydrogens is 202 g/mol. The minimum absolute atomic E-state index is 0.118. The second-order valence-electron chi connectivity index (χ2n) is 3.47. The molecule has 1 saturated heterocycles. The van der Waals surface area contributed by atoms with Crippen molar-refractivity contribution >= 4 is 10.2 Å². The lowest BCUT2D eigenvalue weighted by Gasteiger charge is -2.26. The Kier molecular flexibility index (Phi) is 4.31. The summed E-state index contributed by atoms with van der Waals surface area (Å²) in [6.07, 6.45) is 1.75. The molecule has 0 aliphatic carbocycles. The Morgan fingerprint density at radius 1 is 1.57 bits per heavy atom. The fourth-order valence-corrected chi connectivity index (χ4v) is 2.95. The molecule has 1 unspecified atom stereocenters. The van der Waals surface area contributed by atoms with Gasteiger partial charge in [-0.15, -0.1) is 0 Å². The summed E-state index contributed by atoms with van der Waals surface area (Å²) < 4.78 is 27.3. The van der Waals surface area contributed by atoms with Crippen LogP contribution >= 0.6 is 0 Å². The maximum Gasteiger partial charge on any atom is 0.279 e. The van der Waals surface area contributed by atoms with Gasteiger partial charge in [-0.25, -0.2) is 4.72 Å². The van der Waals surface area contributed by atoms with Gasteiger partial charge in [0.1, 0.15) is 0 Å². The largest absolute Gasteiger partial charge is 0.315 e. The molecule has 0 radical (unpaired) electrons. The molecule has 14 heavy (non-hydrogen) atoms. The molecule has 0 aromatic heterocycles. The van der Waals surface area contributed by atoms with Crippen LogP contribution in [0, 0.1) is 0 Å². The van der Waals surface area contributed by atoms with Crippen LogP contribution in [0.15, 0.2) is 0 Å². The van der Waals surface area contributed by atoms with Gasteiger partial charge in [-0.2, -0.15) is 12.7 Å². The summed E-state index contributed by atoms with van der Waals surface area (Å²) in [7, 11) is -1.80. The van der Waals surface area contributed by atoms with Crippen molar-refractivity contribution in [2.24, 2.45) is 0 Å². The SMILES string of the molecule is CCCN(C1CCNC1)S(=O)(=O)NC. The standard InChI is InChI=1S/C8H19N3O2S/c1-3-6-11(14(12,13)9-2)8-4-5-10-7-8/h8-10H,3-7H2,1-2H3. The zero-order valence-electron chi connectivity index (χ0n) is 8.78. The van der Waals surface area contributed by atoms with Gasteiger partial charge in [0, 0.05) is 26.2 Å². The summed E-state index contributed by atoms with van der Waals surface area (Å²) in [6, 6.07) is 0.118. The molecule has 0 saturated carbocycles. The average molecular weight is 221 g/mol. The Hall–Kier alpha value is -0.170. The minimum Gasteiger partial charge on any atom is -0.315 e. The molecule has 1 heterocycles. The highest BCUT2D eigenvalue weighted by atomic mass is 32.2. The lowest BCUT2D eigenvalue weighted by atomic mass is 10.2. The van der Waals surface area contributed by atoms with Crippen molar-refractivity contribution in [2.75, 3.05) is 26.7 Å². The average Bonchev–Trinajstić information content (AvgIpc) is 2.66. The summed E-state index contributed by atoms with van der Waals surface area (Å²) in [5.74, 6) is 0. The molecule has 0 aromatic rings. The smallest absolute Gasteiger partial charge is 0.279 e. The van der Waals surface area contributed by atoms with E-state index < -0.39 is 10.2 Å². The molecule has 0 amide bonds. The minimum atomic E-state index is -3.26. The van der Waals surface area contributed by atoms with E-state index in [-0.39, 0.29) is 6.04 Å². The van der Waals surface area contributed by atoms with E-state index in [9.17, 15) is 8.42 Å². The van der Waals surface area contributed by atoms with Crippen molar-refractivity contribution in [1.82, 2.24) is 14.3 Å². The molecule has 0 bridgehead atoms. The molecule has 0 spiro atoms. The van der Waals surface area contributed by atoms with Crippen molar-refractivity contribution in [1.29, 1.82) is 0 Å². The van der Waals surface area contributed by atoms with E-state index in [2.05, 4.69) is 10.0 Å². The zero-order chi connectivity index (χ0) is 10.6. The van der Waals surface area contributed by atoms with Crippen molar-refractivity contribution in [3.8, 4) is 0 Å². The number of hydrogen-bond donors (Lipinski definition) is 2. The van der Waals surface area contributed by atoms with Gasteiger partial charge in [-0.1, -0.05) is 6.92 Å². The lowest BCUT2D eigenvalue weighted by Crippen LogP contribution is -2.46. The maximum atomic E-state index is 11.7. The van der Waals surface area contributed by atoms with Crippen LogP contribution in [0.2, 0.25) is 0 Å².